The van der Waals surface area contributed by atoms with E-state index in [2.05, 4.69) is 72.4 Å². The van der Waals surface area contributed by atoms with Crippen LogP contribution in [0.15, 0.2) is 37.0 Å². The van der Waals surface area contributed by atoms with Gasteiger partial charge in [0.1, 0.15) is 0 Å². The van der Waals surface area contributed by atoms with Crippen molar-refractivity contribution in [2.24, 2.45) is 17.8 Å². The molecule has 0 unspecified atom stereocenters. The number of hydrogen-bond acceptors (Lipinski definition) is 3. The van der Waals surface area contributed by atoms with Gasteiger partial charge in [0.05, 0.1) is 18.3 Å². The fourth-order valence-corrected chi connectivity index (χ4v) is 6.38. The van der Waals surface area contributed by atoms with Crippen molar-refractivity contribution in [1.29, 1.82) is 0 Å². The molecule has 28 heavy (non-hydrogen) atoms. The van der Waals surface area contributed by atoms with Gasteiger partial charge in [-0.1, -0.05) is 58.1 Å². The van der Waals surface area contributed by atoms with Gasteiger partial charge in [-0.2, -0.15) is 0 Å². The Morgan fingerprint density at radius 3 is 2.11 bits per heavy atom. The Hall–Kier alpha value is -0.683. The summed E-state index contributed by atoms with van der Waals surface area (Å²) in [5.74, 6) is 0.539. The summed E-state index contributed by atoms with van der Waals surface area (Å²) in [6.45, 7) is 21.2. The van der Waals surface area contributed by atoms with Gasteiger partial charge in [0.25, 0.3) is 0 Å². The average molecular weight is 409 g/mol. The minimum absolute atomic E-state index is 0.127. The molecular formula is C24H44O3Si. The summed E-state index contributed by atoms with van der Waals surface area (Å²) in [7, 11) is -1.37. The molecular weight excluding hydrogens is 364 g/mol. The van der Waals surface area contributed by atoms with Crippen LogP contribution in [0, 0.1) is 17.8 Å². The lowest BCUT2D eigenvalue weighted by atomic mass is 9.84. The maximum Gasteiger partial charge on any atom is 0.184 e. The Kier molecular flexibility index (Phi) is 11.0. The molecule has 0 aromatic heterocycles. The zero-order valence-electron chi connectivity index (χ0n) is 19.5. The quantitative estimate of drug-likeness (QED) is 0.298. The van der Waals surface area contributed by atoms with Crippen molar-refractivity contribution >= 4 is 9.04 Å². The lowest BCUT2D eigenvalue weighted by molar-refractivity contribution is -0.328. The van der Waals surface area contributed by atoms with Gasteiger partial charge in [0.15, 0.2) is 14.8 Å². The van der Waals surface area contributed by atoms with Crippen LogP contribution in [0.25, 0.3) is 0 Å². The van der Waals surface area contributed by atoms with Gasteiger partial charge in [0.2, 0.25) is 0 Å². The van der Waals surface area contributed by atoms with Gasteiger partial charge < -0.3 is 13.9 Å². The second-order valence-corrected chi connectivity index (χ2v) is 11.4. The van der Waals surface area contributed by atoms with E-state index >= 15 is 0 Å². The molecule has 1 aliphatic rings. The zero-order valence-corrected chi connectivity index (χ0v) is 20.6. The smallest absolute Gasteiger partial charge is 0.184 e. The van der Waals surface area contributed by atoms with Gasteiger partial charge in [-0.15, -0.1) is 6.58 Å². The van der Waals surface area contributed by atoms with E-state index in [0.29, 0.717) is 17.8 Å². The highest BCUT2D eigenvalue weighted by Crippen LogP contribution is 2.37. The monoisotopic (exact) mass is 408 g/mol. The third-order valence-electron chi connectivity index (χ3n) is 5.68. The summed E-state index contributed by atoms with van der Waals surface area (Å²) in [6.07, 6.45) is 12.1. The summed E-state index contributed by atoms with van der Waals surface area (Å²) in [6, 6.07) is 2.12. The Labute approximate surface area is 175 Å². The molecule has 4 heteroatoms. The van der Waals surface area contributed by atoms with Crippen molar-refractivity contribution in [2.75, 3.05) is 0 Å². The highest BCUT2D eigenvalue weighted by molar-refractivity contribution is 6.53. The molecule has 0 N–H and O–H groups in total. The topological polar surface area (TPSA) is 27.7 Å². The van der Waals surface area contributed by atoms with E-state index in [-0.39, 0.29) is 18.3 Å². The first-order chi connectivity index (χ1) is 13.1. The first-order valence-electron chi connectivity index (χ1n) is 11.0. The van der Waals surface area contributed by atoms with Crippen molar-refractivity contribution < 1.29 is 13.9 Å². The van der Waals surface area contributed by atoms with E-state index in [1.807, 2.05) is 19.9 Å². The van der Waals surface area contributed by atoms with Crippen molar-refractivity contribution in [2.45, 2.75) is 98.0 Å². The van der Waals surface area contributed by atoms with E-state index in [4.69, 9.17) is 13.9 Å². The predicted molar refractivity (Wildman–Crippen MR) is 123 cm³/mol. The van der Waals surface area contributed by atoms with Crippen molar-refractivity contribution in [3.63, 3.8) is 0 Å². The van der Waals surface area contributed by atoms with Gasteiger partial charge in [-0.25, -0.2) is 0 Å². The predicted octanol–water partition coefficient (Wildman–Crippen LogP) is 6.27. The molecule has 0 aliphatic carbocycles. The van der Waals surface area contributed by atoms with Crippen molar-refractivity contribution in [3.05, 3.63) is 37.0 Å². The normalized spacial score (nSPS) is 27.7. The number of rotatable bonds is 11. The summed E-state index contributed by atoms with van der Waals surface area (Å²) < 4.78 is 19.4. The molecule has 0 saturated carbocycles. The molecule has 162 valence electrons. The Morgan fingerprint density at radius 2 is 1.64 bits per heavy atom. The van der Waals surface area contributed by atoms with Crippen LogP contribution in [-0.4, -0.2) is 33.1 Å². The van der Waals surface area contributed by atoms with Gasteiger partial charge in [0, 0.05) is 5.92 Å². The first-order valence-corrected chi connectivity index (χ1v) is 13.1. The molecule has 1 saturated heterocycles. The molecule has 5 atom stereocenters. The lowest BCUT2D eigenvalue weighted by Gasteiger charge is -2.47. The molecule has 1 aliphatic heterocycles. The summed E-state index contributed by atoms with van der Waals surface area (Å²) in [5, 5.41) is 0. The molecule has 3 nitrogen and oxygen atoms in total. The van der Waals surface area contributed by atoms with Gasteiger partial charge in [-0.05, 0) is 58.0 Å². The Morgan fingerprint density at radius 1 is 1.07 bits per heavy atom. The van der Waals surface area contributed by atoms with Crippen LogP contribution >= 0.6 is 0 Å². The van der Waals surface area contributed by atoms with Crippen molar-refractivity contribution in [1.82, 2.24) is 0 Å². The van der Waals surface area contributed by atoms with E-state index < -0.39 is 14.8 Å². The van der Waals surface area contributed by atoms with Crippen LogP contribution < -0.4 is 0 Å². The SMILES string of the molecule is C=C[C@H](C)[C@@H](C[C@@H]1OC(C)(C)O[C@H](C(C)C)[C@H]1C)O[SiH](C/C=C\C)C/C=C\C. The number of hydrogen-bond donors (Lipinski definition) is 0. The van der Waals surface area contributed by atoms with Crippen LogP contribution in [0.4, 0.5) is 0 Å². The molecule has 1 fully saturated rings. The second kappa shape index (κ2) is 12.1. The van der Waals surface area contributed by atoms with Crippen LogP contribution in [-0.2, 0) is 13.9 Å². The number of allylic oxidation sites excluding steroid dienone is 4. The fourth-order valence-electron chi connectivity index (χ4n) is 3.96. The maximum absolute atomic E-state index is 6.77. The van der Waals surface area contributed by atoms with Crippen LogP contribution in [0.3, 0.4) is 0 Å². The van der Waals surface area contributed by atoms with E-state index in [1.165, 1.54) is 0 Å². The minimum atomic E-state index is -1.37. The van der Waals surface area contributed by atoms with E-state index in [1.54, 1.807) is 0 Å². The molecule has 1 rings (SSSR count). The fraction of sp³-hybridized carbons (Fsp3) is 0.750. The summed E-state index contributed by atoms with van der Waals surface area (Å²) in [5.41, 5.74) is 0. The lowest BCUT2D eigenvalue weighted by Crippen LogP contribution is -2.53. The van der Waals surface area contributed by atoms with E-state index in [9.17, 15) is 0 Å². The highest BCUT2D eigenvalue weighted by Gasteiger charge is 2.43. The molecule has 1 heterocycles. The van der Waals surface area contributed by atoms with Gasteiger partial charge in [-0.3, -0.25) is 0 Å². The summed E-state index contributed by atoms with van der Waals surface area (Å²) >= 11 is 0. The minimum Gasteiger partial charge on any atom is -0.416 e. The molecule has 0 radical (unpaired) electrons. The Balaban J connectivity index is 2.97. The number of ether oxygens (including phenoxy) is 2. The largest absolute Gasteiger partial charge is 0.416 e. The first kappa shape index (κ1) is 25.4. The molecule has 0 spiro atoms. The average Bonchev–Trinajstić information content (AvgIpc) is 2.64. The molecule has 0 aromatic rings. The maximum atomic E-state index is 6.77. The van der Waals surface area contributed by atoms with Gasteiger partial charge >= 0.3 is 0 Å². The summed E-state index contributed by atoms with van der Waals surface area (Å²) in [4.78, 5) is 0. The van der Waals surface area contributed by atoms with Crippen LogP contribution in [0.2, 0.25) is 12.1 Å². The molecule has 0 bridgehead atoms. The van der Waals surface area contributed by atoms with Crippen LogP contribution in [0.1, 0.15) is 61.8 Å². The second-order valence-electron chi connectivity index (χ2n) is 8.98. The third kappa shape index (κ3) is 7.98. The standard InChI is InChI=1S/C24H44O3Si/c1-10-13-15-28(16-14-11-2)27-21(19(6)12-3)17-22-20(7)23(18(4)5)26-24(8,9)25-22/h10-14,18-23,28H,3,15-17H2,1-2,4-9H3/b13-10-,14-11-/t19-,20-,21+,22-,23+/m0/s1. The highest BCUT2D eigenvalue weighted by atomic mass is 28.3. The van der Waals surface area contributed by atoms with Crippen molar-refractivity contribution in [3.8, 4) is 0 Å². The zero-order chi connectivity index (χ0) is 21.3. The molecule has 0 amide bonds. The van der Waals surface area contributed by atoms with E-state index in [0.717, 1.165) is 18.5 Å². The third-order valence-corrected chi connectivity index (χ3v) is 8.01. The van der Waals surface area contributed by atoms with Crippen LogP contribution in [0.5, 0.6) is 0 Å². The Bertz CT molecular complexity index is 498. The molecule has 0 aromatic carbocycles.